The van der Waals surface area contributed by atoms with Crippen LogP contribution in [0.3, 0.4) is 0 Å². The molecule has 1 amide bonds. The lowest BCUT2D eigenvalue weighted by Crippen LogP contribution is -2.49. The van der Waals surface area contributed by atoms with Crippen LogP contribution in [0.15, 0.2) is 71.6 Å². The van der Waals surface area contributed by atoms with Gasteiger partial charge in [0.1, 0.15) is 16.4 Å². The van der Waals surface area contributed by atoms with Gasteiger partial charge in [0.05, 0.1) is 22.2 Å². The van der Waals surface area contributed by atoms with E-state index in [2.05, 4.69) is 4.90 Å². The zero-order valence-corrected chi connectivity index (χ0v) is 23.7. The summed E-state index contributed by atoms with van der Waals surface area (Å²) in [5.74, 6) is -2.63. The molecule has 1 aliphatic rings. The van der Waals surface area contributed by atoms with E-state index in [-0.39, 0.29) is 17.1 Å². The van der Waals surface area contributed by atoms with E-state index in [1.807, 2.05) is 18.2 Å². The highest BCUT2D eigenvalue weighted by Gasteiger charge is 2.49. The maximum Gasteiger partial charge on any atom is 0.409 e. The molecule has 1 saturated heterocycles. The quantitative estimate of drug-likeness (QED) is 0.309. The van der Waals surface area contributed by atoms with Gasteiger partial charge >= 0.3 is 6.09 Å². The monoisotopic (exact) mass is 596 g/mol. The van der Waals surface area contributed by atoms with E-state index < -0.39 is 38.2 Å². The summed E-state index contributed by atoms with van der Waals surface area (Å²) in [4.78, 5) is 16.4. The number of rotatable bonds is 7. The Morgan fingerprint density at radius 2 is 1.64 bits per heavy atom. The number of sulfone groups is 1. The van der Waals surface area contributed by atoms with Gasteiger partial charge in [-0.05, 0) is 61.5 Å². The predicted octanol–water partition coefficient (Wildman–Crippen LogP) is 6.56. The van der Waals surface area contributed by atoms with Crippen molar-refractivity contribution in [2.75, 3.05) is 37.7 Å². The van der Waals surface area contributed by atoms with Gasteiger partial charge in [0.2, 0.25) is 0 Å². The number of benzene rings is 3. The fraction of sp³-hybridized carbons (Fsp3) is 0.321. The number of carbonyl (C=O) groups excluding carboxylic acids is 1. The summed E-state index contributed by atoms with van der Waals surface area (Å²) in [5.41, 5.74) is 0.524. The lowest BCUT2D eigenvalue weighted by Gasteiger charge is -2.37. The van der Waals surface area contributed by atoms with Crippen molar-refractivity contribution in [3.05, 3.63) is 94.0 Å². The molecule has 4 rings (SSSR count). The Morgan fingerprint density at radius 1 is 1.00 bits per heavy atom. The minimum atomic E-state index is -4.31. The molecule has 0 N–H and O–H groups in total. The number of hydrogen-bond donors (Lipinski definition) is 0. The van der Waals surface area contributed by atoms with Crippen LogP contribution in [-0.4, -0.2) is 52.2 Å². The summed E-state index contributed by atoms with van der Waals surface area (Å²) in [5, 5.41) is 0.942. The Balaban J connectivity index is 1.53. The molecule has 3 aromatic carbocycles. The van der Waals surface area contributed by atoms with Crippen LogP contribution in [0.1, 0.15) is 19.4 Å². The third-order valence-electron chi connectivity index (χ3n) is 7.27. The second-order valence-corrected chi connectivity index (χ2v) is 12.8. The maximum absolute atomic E-state index is 15.0. The van der Waals surface area contributed by atoms with E-state index in [4.69, 9.17) is 27.9 Å². The second kappa shape index (κ2) is 11.7. The summed E-state index contributed by atoms with van der Waals surface area (Å²) >= 11 is 12.2. The molecule has 2 atom stereocenters. The Kier molecular flexibility index (Phi) is 8.73. The SMILES string of the molecule is CC(COC(=O)N1CCN(c2ccccc2Cl)CC1)C(C)(c1cc(F)ccc1F)S(=O)(=O)c1ccc(Cl)cc1. The number of halogens is 4. The van der Waals surface area contributed by atoms with Crippen molar-refractivity contribution in [1.29, 1.82) is 0 Å². The van der Waals surface area contributed by atoms with E-state index in [9.17, 15) is 17.6 Å². The zero-order valence-electron chi connectivity index (χ0n) is 21.4. The van der Waals surface area contributed by atoms with Gasteiger partial charge in [-0.15, -0.1) is 0 Å². The molecule has 3 aromatic rings. The van der Waals surface area contributed by atoms with Gasteiger partial charge in [-0.1, -0.05) is 42.3 Å². The smallest absolute Gasteiger partial charge is 0.409 e. The number of carbonyl (C=O) groups is 1. The lowest BCUT2D eigenvalue weighted by molar-refractivity contribution is 0.0814. The maximum atomic E-state index is 15.0. The van der Waals surface area contributed by atoms with E-state index >= 15 is 4.39 Å². The number of nitrogens with zero attached hydrogens (tertiary/aromatic N) is 2. The molecule has 208 valence electrons. The Bertz CT molecular complexity index is 1450. The minimum Gasteiger partial charge on any atom is -0.449 e. The second-order valence-electron chi connectivity index (χ2n) is 9.59. The van der Waals surface area contributed by atoms with Crippen LogP contribution in [0.5, 0.6) is 0 Å². The number of hydrogen-bond acceptors (Lipinski definition) is 5. The van der Waals surface area contributed by atoms with E-state index in [0.717, 1.165) is 23.9 Å². The first-order chi connectivity index (χ1) is 18.4. The van der Waals surface area contributed by atoms with Crippen molar-refractivity contribution >= 4 is 44.8 Å². The molecule has 2 unspecified atom stereocenters. The summed E-state index contributed by atoms with van der Waals surface area (Å²) in [6.45, 7) is 4.31. The highest BCUT2D eigenvalue weighted by atomic mass is 35.5. The van der Waals surface area contributed by atoms with Crippen molar-refractivity contribution in [3.8, 4) is 0 Å². The van der Waals surface area contributed by atoms with E-state index in [0.29, 0.717) is 36.2 Å². The van der Waals surface area contributed by atoms with Crippen LogP contribution >= 0.6 is 23.2 Å². The minimum absolute atomic E-state index is 0.119. The van der Waals surface area contributed by atoms with Gasteiger partial charge in [0.25, 0.3) is 0 Å². The third kappa shape index (κ3) is 5.85. The van der Waals surface area contributed by atoms with Crippen LogP contribution < -0.4 is 4.90 Å². The largest absolute Gasteiger partial charge is 0.449 e. The average Bonchev–Trinajstić information content (AvgIpc) is 2.93. The Morgan fingerprint density at radius 3 is 2.28 bits per heavy atom. The molecule has 0 saturated carbocycles. The summed E-state index contributed by atoms with van der Waals surface area (Å²) in [6, 6.07) is 15.5. The average molecular weight is 598 g/mol. The lowest BCUT2D eigenvalue weighted by atomic mass is 9.87. The van der Waals surface area contributed by atoms with Gasteiger partial charge < -0.3 is 14.5 Å². The van der Waals surface area contributed by atoms with Gasteiger partial charge in [-0.25, -0.2) is 22.0 Å². The van der Waals surface area contributed by atoms with Crippen molar-refractivity contribution in [2.45, 2.75) is 23.5 Å². The van der Waals surface area contributed by atoms with Gasteiger partial charge in [-0.2, -0.15) is 0 Å². The fourth-order valence-corrected chi connectivity index (χ4v) is 7.11. The molecule has 1 heterocycles. The molecule has 1 fully saturated rings. The van der Waals surface area contributed by atoms with Gasteiger partial charge in [0.15, 0.2) is 9.84 Å². The molecule has 0 bridgehead atoms. The van der Waals surface area contributed by atoms with Crippen LogP contribution in [0.4, 0.5) is 19.3 Å². The molecule has 0 radical (unpaired) electrons. The number of anilines is 1. The first-order valence-electron chi connectivity index (χ1n) is 12.3. The van der Waals surface area contributed by atoms with Crippen molar-refractivity contribution in [3.63, 3.8) is 0 Å². The van der Waals surface area contributed by atoms with Gasteiger partial charge in [0, 0.05) is 42.7 Å². The highest BCUT2D eigenvalue weighted by molar-refractivity contribution is 7.92. The number of ether oxygens (including phenoxy) is 1. The number of para-hydroxylation sites is 1. The van der Waals surface area contributed by atoms with Crippen molar-refractivity contribution in [1.82, 2.24) is 4.90 Å². The highest BCUT2D eigenvalue weighted by Crippen LogP contribution is 2.43. The molecule has 1 aliphatic heterocycles. The molecule has 11 heteroatoms. The van der Waals surface area contributed by atoms with E-state index in [1.165, 1.54) is 43.0 Å². The number of amides is 1. The van der Waals surface area contributed by atoms with Crippen molar-refractivity contribution < 1.29 is 26.7 Å². The first-order valence-corrected chi connectivity index (χ1v) is 14.6. The van der Waals surface area contributed by atoms with Gasteiger partial charge in [-0.3, -0.25) is 0 Å². The third-order valence-corrected chi connectivity index (χ3v) is 10.5. The zero-order chi connectivity index (χ0) is 28.4. The Labute approximate surface area is 237 Å². The summed E-state index contributed by atoms with van der Waals surface area (Å²) in [6.07, 6.45) is -0.619. The topological polar surface area (TPSA) is 66.9 Å². The fourth-order valence-electron chi connectivity index (χ4n) is 4.70. The predicted molar refractivity (Wildman–Crippen MR) is 148 cm³/mol. The van der Waals surface area contributed by atoms with Crippen LogP contribution in [-0.2, 0) is 19.3 Å². The molecule has 0 aromatic heterocycles. The summed E-state index contributed by atoms with van der Waals surface area (Å²) < 4.78 is 60.7. The van der Waals surface area contributed by atoms with Crippen LogP contribution in [0.25, 0.3) is 0 Å². The normalized spacial score (nSPS) is 16.5. The Hall–Kier alpha value is -2.88. The molecule has 39 heavy (non-hydrogen) atoms. The first kappa shape index (κ1) is 29.1. The number of piperazine rings is 1. The molecule has 0 spiro atoms. The van der Waals surface area contributed by atoms with E-state index in [1.54, 1.807) is 6.07 Å². The standard InChI is InChI=1S/C28H28Cl2F2N2O4S/c1-19(18-38-27(35)34-15-13-33(14-16-34)26-6-4-3-5-24(26)30)28(2,23-17-21(31)9-12-25(23)32)39(36,37)22-10-7-20(29)8-11-22/h3-12,17,19H,13-16,18H2,1-2H3. The van der Waals surface area contributed by atoms with Crippen LogP contribution in [0, 0.1) is 17.6 Å². The molecule has 0 aliphatic carbocycles. The van der Waals surface area contributed by atoms with Crippen molar-refractivity contribution in [2.24, 2.45) is 5.92 Å². The molecule has 6 nitrogen and oxygen atoms in total. The summed E-state index contributed by atoms with van der Waals surface area (Å²) in [7, 11) is -4.31. The molecular formula is C28H28Cl2F2N2O4S. The molecular weight excluding hydrogens is 569 g/mol. The van der Waals surface area contributed by atoms with Crippen LogP contribution in [0.2, 0.25) is 10.0 Å².